The van der Waals surface area contributed by atoms with E-state index in [-0.39, 0.29) is 0 Å². The summed E-state index contributed by atoms with van der Waals surface area (Å²) in [7, 11) is 0. The molecule has 0 radical (unpaired) electrons. The quantitative estimate of drug-likeness (QED) is 0.321. The van der Waals surface area contributed by atoms with Crippen LogP contribution in [-0.4, -0.2) is 51.5 Å². The first-order chi connectivity index (χ1) is 7.91. The van der Waals surface area contributed by atoms with E-state index in [1.807, 2.05) is 0 Å². The van der Waals surface area contributed by atoms with Gasteiger partial charge in [-0.1, -0.05) is 6.92 Å². The molecule has 0 N–H and O–H groups in total. The second-order valence-electron chi connectivity index (χ2n) is 4.50. The van der Waals surface area contributed by atoms with Gasteiger partial charge in [0, 0.05) is 0 Å². The summed E-state index contributed by atoms with van der Waals surface area (Å²) in [6.45, 7) is 3.26. The van der Waals surface area contributed by atoms with Crippen LogP contribution >= 0.6 is 0 Å². The third-order valence-corrected chi connectivity index (χ3v) is 9.33. The van der Waals surface area contributed by atoms with Gasteiger partial charge in [-0.25, -0.2) is 0 Å². The Morgan fingerprint density at radius 1 is 0.812 bits per heavy atom. The molecule has 0 saturated carbocycles. The summed E-state index contributed by atoms with van der Waals surface area (Å²) in [6, 6.07) is 0. The fourth-order valence-electron chi connectivity index (χ4n) is 1.83. The van der Waals surface area contributed by atoms with Crippen molar-refractivity contribution >= 4 is 44.9 Å². The molecule has 0 aromatic rings. The molecule has 0 bridgehead atoms. The maximum atomic E-state index is 5.50. The van der Waals surface area contributed by atoms with Crippen molar-refractivity contribution in [3.05, 3.63) is 0 Å². The Morgan fingerprint density at radius 3 is 1.81 bits per heavy atom. The van der Waals surface area contributed by atoms with Crippen LogP contribution in [0.4, 0.5) is 0 Å². The van der Waals surface area contributed by atoms with Gasteiger partial charge in [0.15, 0.2) is 0 Å². The summed E-state index contributed by atoms with van der Waals surface area (Å²) in [5.74, 6) is 0. The molecule has 98 valence electrons. The third-order valence-electron chi connectivity index (χ3n) is 2.84. The van der Waals surface area contributed by atoms with Gasteiger partial charge in [0.25, 0.3) is 0 Å². The Balaban J connectivity index is 2.83. The summed E-state index contributed by atoms with van der Waals surface area (Å²) in [5.41, 5.74) is 0. The second-order valence-corrected chi connectivity index (χ2v) is 19.0. The van der Waals surface area contributed by atoms with Crippen molar-refractivity contribution in [2.45, 2.75) is 71.1 Å². The number of hydrogen-bond acceptors (Lipinski definition) is 2. The van der Waals surface area contributed by atoms with E-state index in [1.165, 1.54) is 64.2 Å². The van der Waals surface area contributed by atoms with Crippen molar-refractivity contribution < 1.29 is 4.49 Å². The predicted octanol–water partition coefficient (Wildman–Crippen LogP) is 2.22. The summed E-state index contributed by atoms with van der Waals surface area (Å²) < 4.78 is 10.7. The van der Waals surface area contributed by atoms with Crippen molar-refractivity contribution in [3.8, 4) is 0 Å². The molecule has 0 aromatic heterocycles. The van der Waals surface area contributed by atoms with E-state index < -0.39 is 22.0 Å². The van der Waals surface area contributed by atoms with Crippen LogP contribution in [0.3, 0.4) is 0 Å². The molecule has 0 saturated heterocycles. The van der Waals surface area contributed by atoms with Crippen LogP contribution in [0, 0.1) is 0 Å². The van der Waals surface area contributed by atoms with E-state index in [0.29, 0.717) is 22.9 Å². The second kappa shape index (κ2) is 16.5. The maximum absolute atomic E-state index is 5.50. The van der Waals surface area contributed by atoms with Crippen LogP contribution in [0.15, 0.2) is 0 Å². The van der Waals surface area contributed by atoms with Crippen LogP contribution < -0.4 is 0 Å². The molecule has 0 aliphatic carbocycles. The van der Waals surface area contributed by atoms with Crippen molar-refractivity contribution in [2.75, 3.05) is 6.61 Å². The van der Waals surface area contributed by atoms with Crippen molar-refractivity contribution in [1.82, 2.24) is 0 Å². The minimum absolute atomic E-state index is 0.428. The summed E-state index contributed by atoms with van der Waals surface area (Å²) in [6.07, 6.45) is 14.0. The van der Waals surface area contributed by atoms with Crippen molar-refractivity contribution in [1.29, 1.82) is 0 Å². The van der Waals surface area contributed by atoms with Crippen molar-refractivity contribution in [3.63, 3.8) is 0 Å². The number of rotatable bonds is 13. The van der Waals surface area contributed by atoms with E-state index in [0.717, 1.165) is 6.61 Å². The molecule has 0 aliphatic heterocycles. The zero-order valence-corrected chi connectivity index (χ0v) is 21.0. The average Bonchev–Trinajstić information content (AvgIpc) is 2.31. The summed E-state index contributed by atoms with van der Waals surface area (Å²) in [4.78, 5) is 0. The zero-order chi connectivity index (χ0) is 11.9. The summed E-state index contributed by atoms with van der Waals surface area (Å²) >= 11 is -0.664. The van der Waals surface area contributed by atoms with E-state index in [1.54, 1.807) is 0 Å². The normalized spacial score (nSPS) is 11.8. The van der Waals surface area contributed by atoms with Gasteiger partial charge in [-0.2, -0.15) is 0 Å². The Labute approximate surface area is 126 Å². The molecule has 0 aromatic carbocycles. The number of unbranched alkanes of at least 4 members (excludes halogenated alkanes) is 9. The van der Waals surface area contributed by atoms with Crippen molar-refractivity contribution in [2.24, 2.45) is 0 Å². The predicted molar refractivity (Wildman–Crippen MR) is 77.4 cm³/mol. The molecule has 0 unspecified atom stereocenters. The molecule has 0 rings (SSSR count). The molecule has 0 spiro atoms. The molecule has 16 heavy (non-hydrogen) atoms. The molecular weight excluding hydrogens is 414 g/mol. The van der Waals surface area contributed by atoms with Crippen LogP contribution in [0.2, 0.25) is 0 Å². The van der Waals surface area contributed by atoms with Gasteiger partial charge in [-0.05, 0) is 0 Å². The van der Waals surface area contributed by atoms with Crippen LogP contribution in [0.5, 0.6) is 0 Å². The fourth-order valence-corrected chi connectivity index (χ4v) is 6.42. The SMILES string of the molecule is CCCCCCCCCCCC[O][SnH2][O][SnH3]. The van der Waals surface area contributed by atoms with E-state index in [2.05, 4.69) is 6.92 Å². The minimum atomic E-state index is -1.09. The Bertz CT molecular complexity index is 110. The van der Waals surface area contributed by atoms with Crippen LogP contribution in [-0.2, 0) is 4.49 Å². The monoisotopic (exact) mass is 446 g/mol. The van der Waals surface area contributed by atoms with Gasteiger partial charge in [0.05, 0.1) is 0 Å². The fraction of sp³-hybridized carbons (Fsp3) is 1.00. The van der Waals surface area contributed by atoms with Gasteiger partial charge < -0.3 is 0 Å². The topological polar surface area (TPSA) is 18.5 Å². The molecule has 2 nitrogen and oxygen atoms in total. The van der Waals surface area contributed by atoms with Crippen LogP contribution in [0.1, 0.15) is 71.1 Å². The van der Waals surface area contributed by atoms with Gasteiger partial charge >= 0.3 is 120 Å². The molecule has 0 heterocycles. The van der Waals surface area contributed by atoms with E-state index >= 15 is 0 Å². The average molecular weight is 444 g/mol. The molecule has 0 aliphatic rings. The number of hydrogen-bond donors (Lipinski definition) is 0. The molecule has 0 amide bonds. The molecule has 0 atom stereocenters. The first-order valence-corrected chi connectivity index (χ1v) is 12.6. The summed E-state index contributed by atoms with van der Waals surface area (Å²) in [5, 5.41) is 0. The Morgan fingerprint density at radius 2 is 1.31 bits per heavy atom. The van der Waals surface area contributed by atoms with Gasteiger partial charge in [-0.3, -0.25) is 0 Å². The molecule has 4 heteroatoms. The first-order valence-electron chi connectivity index (χ1n) is 6.98. The Kier molecular flexibility index (Phi) is 18.1. The standard InChI is InChI=1S/C12H25O.O.2Sn.5H/c1-2-3-4-5-6-7-8-9-10-11-12-13;;;;;;;;/h2-12H2,1H3;;;;;;;;/q-1;;;+1;;;;;. The van der Waals surface area contributed by atoms with E-state index in [4.69, 9.17) is 4.49 Å². The van der Waals surface area contributed by atoms with E-state index in [9.17, 15) is 0 Å². The van der Waals surface area contributed by atoms with Gasteiger partial charge in [0.1, 0.15) is 0 Å². The van der Waals surface area contributed by atoms with Gasteiger partial charge in [0.2, 0.25) is 0 Å². The first kappa shape index (κ1) is 17.5. The molecular formula is C12H30O2Sn2. The zero-order valence-electron chi connectivity index (χ0n) is 11.3. The van der Waals surface area contributed by atoms with Gasteiger partial charge in [-0.15, -0.1) is 0 Å². The Hall–Kier alpha value is 1.52. The third kappa shape index (κ3) is 15.5. The van der Waals surface area contributed by atoms with Crippen LogP contribution in [0.25, 0.3) is 0 Å². The molecule has 0 fully saturated rings.